The number of thioether (sulfide) groups is 1. The summed E-state index contributed by atoms with van der Waals surface area (Å²) in [6.45, 7) is 8.00. The van der Waals surface area contributed by atoms with Crippen LogP contribution in [-0.2, 0) is 19.2 Å². The molecule has 1 aromatic rings. The molecule has 184 valence electrons. The zero-order valence-corrected chi connectivity index (χ0v) is 23.3. The van der Waals surface area contributed by atoms with Gasteiger partial charge in [-0.15, -0.1) is 11.8 Å². The van der Waals surface area contributed by atoms with E-state index in [0.29, 0.717) is 5.56 Å². The van der Waals surface area contributed by atoms with E-state index < -0.39 is 68.3 Å². The number of nitrogens with zero attached hydrogens (tertiary/aromatic N) is 2. The second-order valence-corrected chi connectivity index (χ2v) is 11.7. The fourth-order valence-corrected chi connectivity index (χ4v) is 5.96. The second kappa shape index (κ2) is 10.5. The first-order valence-corrected chi connectivity index (χ1v) is 11.5. The minimum Gasteiger partial charge on any atom is -0.548 e. The summed E-state index contributed by atoms with van der Waals surface area (Å²) in [5, 5.41) is 27.6. The fraction of sp³-hybridized carbons (Fsp3) is 0.545. The Balaban J connectivity index is 0.00000432. The van der Waals surface area contributed by atoms with Crippen molar-refractivity contribution in [2.45, 2.75) is 68.9 Å². The molecule has 0 aromatic heterocycles. The normalized spacial score (nSPS) is 24.2. The zero-order valence-electron chi connectivity index (χ0n) is 20.4. The van der Waals surface area contributed by atoms with Crippen molar-refractivity contribution in [2.75, 3.05) is 0 Å². The number of carboxylic acid groups (broad SMARTS) is 1. The van der Waals surface area contributed by atoms with Gasteiger partial charge in [-0.1, -0.05) is 51.1 Å². The van der Waals surface area contributed by atoms with E-state index >= 15 is 0 Å². The minimum atomic E-state index is -1.61. The van der Waals surface area contributed by atoms with Gasteiger partial charge in [0.05, 0.1) is 12.0 Å². The van der Waals surface area contributed by atoms with Gasteiger partial charge in [0.1, 0.15) is 17.5 Å². The number of hydrogen-bond acceptors (Lipinski definition) is 8. The number of amides is 3. The molecule has 2 heterocycles. The van der Waals surface area contributed by atoms with Crippen molar-refractivity contribution < 1.29 is 58.8 Å². The van der Waals surface area contributed by atoms with Crippen LogP contribution in [0.4, 0.5) is 0 Å². The van der Waals surface area contributed by atoms with Crippen LogP contribution in [0.2, 0.25) is 0 Å². The van der Waals surface area contributed by atoms with Crippen LogP contribution in [0, 0.1) is 15.5 Å². The van der Waals surface area contributed by atoms with Gasteiger partial charge in [-0.05, 0) is 19.4 Å². The maximum Gasteiger partial charge on any atom is 1.00 e. The van der Waals surface area contributed by atoms with E-state index in [1.807, 2.05) is 0 Å². The predicted octanol–water partition coefficient (Wildman–Crippen LogP) is -3.16. The summed E-state index contributed by atoms with van der Waals surface area (Å²) in [5.74, 6) is -3.61. The number of aliphatic carboxylic acids is 1. The average Bonchev–Trinajstić information content (AvgIpc) is 2.97. The summed E-state index contributed by atoms with van der Waals surface area (Å²) in [5.41, 5.74) is -0.637. The first-order valence-electron chi connectivity index (χ1n) is 10.7. The van der Waals surface area contributed by atoms with E-state index in [9.17, 15) is 34.4 Å². The van der Waals surface area contributed by atoms with Crippen molar-refractivity contribution in [2.24, 2.45) is 5.41 Å². The molecule has 2 unspecified atom stereocenters. The SMILES string of the molecule is CC(C)(C)C(C(=O)NC(C(=O)N[C@@H]1C(=O)N2[C@@H]1SC(C)(C)[C@@H]2C(=O)[O-])c1ccccc1)[N+](=O)[O-].[Na+]. The van der Waals surface area contributed by atoms with Crippen molar-refractivity contribution in [1.82, 2.24) is 15.5 Å². The number of benzene rings is 1. The van der Waals surface area contributed by atoms with Gasteiger partial charge < -0.3 is 25.4 Å². The van der Waals surface area contributed by atoms with Crippen molar-refractivity contribution in [3.8, 4) is 0 Å². The molecule has 11 nitrogen and oxygen atoms in total. The Kier molecular flexibility index (Phi) is 8.69. The maximum absolute atomic E-state index is 13.2. The summed E-state index contributed by atoms with van der Waals surface area (Å²) >= 11 is 1.23. The van der Waals surface area contributed by atoms with Gasteiger partial charge in [-0.25, -0.2) is 0 Å². The summed E-state index contributed by atoms with van der Waals surface area (Å²) in [6, 6.07) is 3.12. The van der Waals surface area contributed by atoms with E-state index in [4.69, 9.17) is 0 Å². The molecule has 5 atom stereocenters. The number of carboxylic acids is 1. The number of nitro groups is 1. The standard InChI is InChI=1S/C22H28N4O7S.Na/c1-21(2,3)14(26(32)33)17(28)23-12(11-9-7-6-8-10-11)16(27)24-13-18(29)25-15(20(30)31)22(4,5)34-19(13)25;/h6-10,12-15,19H,1-5H3,(H,23,28)(H,24,27)(H,30,31);/q;+1/p-1/t12?,13-,14?,15+,19-;/m1./s1. The van der Waals surface area contributed by atoms with Crippen LogP contribution in [0.25, 0.3) is 0 Å². The summed E-state index contributed by atoms with van der Waals surface area (Å²) in [6.07, 6.45) is 0. The Morgan fingerprint density at radius 1 is 1.14 bits per heavy atom. The van der Waals surface area contributed by atoms with Crippen LogP contribution in [0.1, 0.15) is 46.2 Å². The van der Waals surface area contributed by atoms with Crippen molar-refractivity contribution >= 4 is 35.5 Å². The van der Waals surface area contributed by atoms with Gasteiger partial charge in [0.15, 0.2) is 0 Å². The number of carbonyl (C=O) groups excluding carboxylic acids is 4. The molecule has 2 aliphatic heterocycles. The Hall–Kier alpha value is -2.15. The van der Waals surface area contributed by atoms with Gasteiger partial charge in [-0.3, -0.25) is 24.5 Å². The van der Waals surface area contributed by atoms with Gasteiger partial charge >= 0.3 is 29.6 Å². The number of nitrogens with one attached hydrogen (secondary N) is 2. The summed E-state index contributed by atoms with van der Waals surface area (Å²) in [4.78, 5) is 62.4. The maximum atomic E-state index is 13.2. The molecular weight excluding hydrogens is 487 g/mol. The smallest absolute Gasteiger partial charge is 0.548 e. The molecule has 0 radical (unpaired) electrons. The number of hydrogen-bond donors (Lipinski definition) is 2. The molecule has 0 bridgehead atoms. The van der Waals surface area contributed by atoms with Crippen LogP contribution < -0.4 is 45.3 Å². The summed E-state index contributed by atoms with van der Waals surface area (Å²) < 4.78 is -0.822. The number of fused-ring (bicyclic) bond motifs is 1. The molecule has 2 aliphatic rings. The molecule has 13 heteroatoms. The Bertz CT molecular complexity index is 1030. The van der Waals surface area contributed by atoms with E-state index in [-0.39, 0.29) is 29.6 Å². The minimum absolute atomic E-state index is 0. The van der Waals surface area contributed by atoms with Gasteiger partial charge in [0, 0.05) is 15.1 Å². The Morgan fingerprint density at radius 3 is 2.20 bits per heavy atom. The molecule has 1 aromatic carbocycles. The van der Waals surface area contributed by atoms with E-state index in [0.717, 1.165) is 0 Å². The molecular formula is C22H27N4NaO7S. The van der Waals surface area contributed by atoms with E-state index in [2.05, 4.69) is 10.6 Å². The first-order chi connectivity index (χ1) is 15.7. The second-order valence-electron chi connectivity index (χ2n) is 9.97. The van der Waals surface area contributed by atoms with E-state index in [1.54, 1.807) is 65.0 Å². The molecule has 2 saturated heterocycles. The van der Waals surface area contributed by atoms with E-state index in [1.165, 1.54) is 16.7 Å². The molecule has 3 amide bonds. The van der Waals surface area contributed by atoms with Crippen LogP contribution >= 0.6 is 11.8 Å². The molecule has 0 saturated carbocycles. The quantitative estimate of drug-likeness (QED) is 0.167. The van der Waals surface area contributed by atoms with Gasteiger partial charge in [-0.2, -0.15) is 0 Å². The molecule has 2 N–H and O–H groups in total. The fourth-order valence-electron chi connectivity index (χ4n) is 4.34. The predicted molar refractivity (Wildman–Crippen MR) is 121 cm³/mol. The van der Waals surface area contributed by atoms with Gasteiger partial charge in [0.25, 0.3) is 11.9 Å². The molecule has 3 rings (SSSR count). The topological polar surface area (TPSA) is 162 Å². The summed E-state index contributed by atoms with van der Waals surface area (Å²) in [7, 11) is 0. The number of β-lactam (4-membered cyclic amide) rings is 1. The Labute approximate surface area is 229 Å². The first kappa shape index (κ1) is 29.1. The van der Waals surface area contributed by atoms with Crippen molar-refractivity contribution in [3.63, 3.8) is 0 Å². The monoisotopic (exact) mass is 514 g/mol. The molecule has 0 aliphatic carbocycles. The molecule has 2 fully saturated rings. The Morgan fingerprint density at radius 2 is 1.71 bits per heavy atom. The third-order valence-electron chi connectivity index (χ3n) is 5.92. The third-order valence-corrected chi connectivity index (χ3v) is 7.49. The van der Waals surface area contributed by atoms with Crippen LogP contribution in [0.3, 0.4) is 0 Å². The van der Waals surface area contributed by atoms with Crippen molar-refractivity contribution in [3.05, 3.63) is 46.0 Å². The van der Waals surface area contributed by atoms with Crippen LogP contribution in [0.5, 0.6) is 0 Å². The molecule has 35 heavy (non-hydrogen) atoms. The van der Waals surface area contributed by atoms with Crippen LogP contribution in [-0.4, -0.2) is 61.8 Å². The zero-order chi connectivity index (χ0) is 25.6. The van der Waals surface area contributed by atoms with Gasteiger partial charge in [0.2, 0.25) is 11.8 Å². The third kappa shape index (κ3) is 5.65. The number of carbonyl (C=O) groups is 4. The van der Waals surface area contributed by atoms with Crippen LogP contribution in [0.15, 0.2) is 30.3 Å². The number of rotatable bonds is 7. The average molecular weight is 515 g/mol. The van der Waals surface area contributed by atoms with Crippen molar-refractivity contribution in [1.29, 1.82) is 0 Å². The molecule has 0 spiro atoms. The largest absolute Gasteiger partial charge is 1.00 e.